The molecule has 1 spiro atoms. The molecular weight excluding hydrogens is 523 g/mol. The molecule has 1 aliphatic carbocycles. The molecule has 5 aliphatic heterocycles. The summed E-state index contributed by atoms with van der Waals surface area (Å²) in [5.74, 6) is 0.382. The minimum atomic E-state index is -0.772. The largest absolute Gasteiger partial charge is 0.369 e. The molecule has 8 heteroatoms. The second-order valence-electron chi connectivity index (χ2n) is 13.1. The van der Waals surface area contributed by atoms with Gasteiger partial charge in [-0.1, -0.05) is 38.1 Å². The molecule has 0 amide bonds. The molecule has 6 aliphatic rings. The lowest BCUT2D eigenvalue weighted by atomic mass is 9.58. The number of anilines is 1. The molecule has 8 rings (SSSR count). The summed E-state index contributed by atoms with van der Waals surface area (Å²) in [4.78, 5) is 17.0. The molecule has 41 heavy (non-hydrogen) atoms. The monoisotopic (exact) mass is 566 g/mol. The van der Waals surface area contributed by atoms with Crippen LogP contribution in [-0.4, -0.2) is 55.0 Å². The van der Waals surface area contributed by atoms with Crippen LogP contribution in [0.2, 0.25) is 0 Å². The molecule has 5 saturated heterocycles. The first-order chi connectivity index (χ1) is 19.8. The van der Waals surface area contributed by atoms with E-state index in [-0.39, 0.29) is 23.9 Å². The van der Waals surface area contributed by atoms with Gasteiger partial charge in [0.25, 0.3) is 0 Å². The summed E-state index contributed by atoms with van der Waals surface area (Å²) < 4.78 is 32.7. The van der Waals surface area contributed by atoms with Gasteiger partial charge in [-0.2, -0.15) is 0 Å². The third-order valence-electron chi connectivity index (χ3n) is 10.5. The van der Waals surface area contributed by atoms with E-state index < -0.39 is 17.7 Å². The Morgan fingerprint density at radius 3 is 2.37 bits per heavy atom. The Balaban J connectivity index is 0.948. The van der Waals surface area contributed by atoms with Crippen LogP contribution in [0.1, 0.15) is 57.6 Å². The molecular formula is C33H43FN2O5. The van der Waals surface area contributed by atoms with Crippen molar-refractivity contribution in [1.82, 2.24) is 4.90 Å². The van der Waals surface area contributed by atoms with E-state index >= 15 is 0 Å². The lowest BCUT2D eigenvalue weighted by Gasteiger charge is -2.60. The fraction of sp³-hybridized carbons (Fsp3) is 0.636. The third-order valence-corrected chi connectivity index (χ3v) is 10.5. The zero-order valence-corrected chi connectivity index (χ0v) is 24.5. The minimum Gasteiger partial charge on any atom is -0.369 e. The zero-order chi connectivity index (χ0) is 28.2. The second-order valence-corrected chi connectivity index (χ2v) is 13.1. The highest BCUT2D eigenvalue weighted by Gasteiger charge is 2.69. The van der Waals surface area contributed by atoms with Crippen molar-refractivity contribution in [2.75, 3.05) is 31.1 Å². The first-order valence-electron chi connectivity index (χ1n) is 15.5. The number of piperazine rings is 1. The van der Waals surface area contributed by atoms with E-state index in [0.717, 1.165) is 63.2 Å². The first kappa shape index (κ1) is 27.7. The molecule has 222 valence electrons. The number of ether oxygens (including phenoxy) is 3. The summed E-state index contributed by atoms with van der Waals surface area (Å²) in [6.45, 7) is 11.8. The fourth-order valence-electron chi connectivity index (χ4n) is 8.06. The highest BCUT2D eigenvalue weighted by atomic mass is 19.1. The van der Waals surface area contributed by atoms with Crippen LogP contribution in [0.5, 0.6) is 0 Å². The molecule has 8 atom stereocenters. The van der Waals surface area contributed by atoms with Crippen molar-refractivity contribution in [2.45, 2.75) is 83.6 Å². The van der Waals surface area contributed by atoms with Gasteiger partial charge in [-0.05, 0) is 73.4 Å². The summed E-state index contributed by atoms with van der Waals surface area (Å²) in [6.07, 6.45) is 3.26. The molecule has 0 aromatic heterocycles. The summed E-state index contributed by atoms with van der Waals surface area (Å²) in [6, 6.07) is 15.5. The maximum Gasteiger partial charge on any atom is 0.201 e. The van der Waals surface area contributed by atoms with Gasteiger partial charge in [-0.3, -0.25) is 4.90 Å². The normalized spacial score (nSPS) is 38.9. The smallest absolute Gasteiger partial charge is 0.201 e. The van der Waals surface area contributed by atoms with Gasteiger partial charge in [0.1, 0.15) is 5.82 Å². The summed E-state index contributed by atoms with van der Waals surface area (Å²) >= 11 is 0. The van der Waals surface area contributed by atoms with E-state index in [1.54, 1.807) is 0 Å². The van der Waals surface area contributed by atoms with Crippen LogP contribution < -0.4 is 4.90 Å². The number of fused-ring (bicyclic) bond motifs is 2. The van der Waals surface area contributed by atoms with Gasteiger partial charge in [-0.25, -0.2) is 14.2 Å². The average molecular weight is 567 g/mol. The molecule has 7 nitrogen and oxygen atoms in total. The van der Waals surface area contributed by atoms with E-state index in [1.165, 1.54) is 24.1 Å². The standard InChI is InChI=1S/C33H43FN2O5/c1-22-4-13-29-23(2)30(38-31-33(29)28(22)14-15-32(3,39-31)40-41-33)37-21-25-7-5-24(6-8-25)20-35-16-18-36(19-17-35)27-11-9-26(34)10-12-27/h5-12,22-23,28-31H,4,13-21H2,1-3H3/t22-,23-,28+,29+,30+,31-,32-,33-/m1/s1. The van der Waals surface area contributed by atoms with Crippen molar-refractivity contribution >= 4 is 5.69 Å². The van der Waals surface area contributed by atoms with Gasteiger partial charge in [0.05, 0.1) is 6.61 Å². The summed E-state index contributed by atoms with van der Waals surface area (Å²) in [5.41, 5.74) is 2.96. The number of benzene rings is 2. The minimum absolute atomic E-state index is 0.170. The van der Waals surface area contributed by atoms with Crippen molar-refractivity contribution in [2.24, 2.45) is 23.7 Å². The van der Waals surface area contributed by atoms with Gasteiger partial charge >= 0.3 is 0 Å². The van der Waals surface area contributed by atoms with Crippen LogP contribution in [-0.2, 0) is 37.1 Å². The molecule has 1 saturated carbocycles. The Hall–Kier alpha value is -2.07. The van der Waals surface area contributed by atoms with E-state index in [4.69, 9.17) is 24.0 Å². The number of rotatable bonds is 6. The third kappa shape index (κ3) is 5.11. The topological polar surface area (TPSA) is 52.6 Å². The quantitative estimate of drug-likeness (QED) is 0.405. The van der Waals surface area contributed by atoms with Crippen LogP contribution in [0.15, 0.2) is 48.5 Å². The van der Waals surface area contributed by atoms with Crippen molar-refractivity contribution < 1.29 is 28.4 Å². The highest BCUT2D eigenvalue weighted by molar-refractivity contribution is 5.46. The van der Waals surface area contributed by atoms with Crippen molar-refractivity contribution in [3.05, 3.63) is 65.5 Å². The van der Waals surface area contributed by atoms with Crippen LogP contribution >= 0.6 is 0 Å². The van der Waals surface area contributed by atoms with Crippen LogP contribution in [0.25, 0.3) is 0 Å². The van der Waals surface area contributed by atoms with Crippen LogP contribution in [0, 0.1) is 29.5 Å². The Kier molecular flexibility index (Phi) is 7.37. The van der Waals surface area contributed by atoms with Gasteiger partial charge in [0.15, 0.2) is 18.2 Å². The van der Waals surface area contributed by atoms with E-state index in [1.807, 2.05) is 19.1 Å². The predicted molar refractivity (Wildman–Crippen MR) is 152 cm³/mol. The van der Waals surface area contributed by atoms with Crippen LogP contribution in [0.3, 0.4) is 0 Å². The lowest BCUT2D eigenvalue weighted by Crippen LogP contribution is -2.70. The summed E-state index contributed by atoms with van der Waals surface area (Å²) in [5, 5.41) is 0. The molecule has 2 aromatic carbocycles. The number of halogens is 1. The molecule has 2 bridgehead atoms. The van der Waals surface area contributed by atoms with Crippen LogP contribution in [0.4, 0.5) is 10.1 Å². The number of hydrogen-bond acceptors (Lipinski definition) is 7. The Morgan fingerprint density at radius 1 is 0.878 bits per heavy atom. The molecule has 0 N–H and O–H groups in total. The van der Waals surface area contributed by atoms with Gasteiger partial charge in [0.2, 0.25) is 5.79 Å². The van der Waals surface area contributed by atoms with E-state index in [0.29, 0.717) is 18.4 Å². The molecule has 6 fully saturated rings. The summed E-state index contributed by atoms with van der Waals surface area (Å²) in [7, 11) is 0. The lowest BCUT2D eigenvalue weighted by molar-refractivity contribution is -0.577. The van der Waals surface area contributed by atoms with Gasteiger partial charge in [0, 0.05) is 56.7 Å². The zero-order valence-electron chi connectivity index (χ0n) is 24.5. The Bertz CT molecular complexity index is 1210. The molecule has 5 heterocycles. The maximum absolute atomic E-state index is 13.3. The number of nitrogens with zero attached hydrogens (tertiary/aromatic N) is 2. The van der Waals surface area contributed by atoms with Crippen molar-refractivity contribution in [1.29, 1.82) is 0 Å². The fourth-order valence-corrected chi connectivity index (χ4v) is 8.06. The molecule has 0 radical (unpaired) electrons. The van der Waals surface area contributed by atoms with E-state index in [9.17, 15) is 4.39 Å². The Labute approximate surface area is 242 Å². The Morgan fingerprint density at radius 2 is 1.61 bits per heavy atom. The highest BCUT2D eigenvalue weighted by Crippen LogP contribution is 2.60. The second kappa shape index (κ2) is 10.9. The van der Waals surface area contributed by atoms with Gasteiger partial charge < -0.3 is 19.1 Å². The van der Waals surface area contributed by atoms with Crippen molar-refractivity contribution in [3.63, 3.8) is 0 Å². The number of hydrogen-bond donors (Lipinski definition) is 0. The molecule has 0 unspecified atom stereocenters. The van der Waals surface area contributed by atoms with Crippen molar-refractivity contribution in [3.8, 4) is 0 Å². The average Bonchev–Trinajstić information content (AvgIpc) is 3.21. The van der Waals surface area contributed by atoms with E-state index in [2.05, 4.69) is 47.9 Å². The maximum atomic E-state index is 13.3. The first-order valence-corrected chi connectivity index (χ1v) is 15.5. The predicted octanol–water partition coefficient (Wildman–Crippen LogP) is 5.87. The SMILES string of the molecule is C[C@H]1[C@@H](OCc2ccc(CN3CCN(c4ccc(F)cc4)CC3)cc2)O[C@@H]2O[C@@]3(C)CC[C@H]4[C@H](C)CC[C@@H]1[C@@]24OO3. The molecule has 2 aromatic rings. The van der Waals surface area contributed by atoms with Gasteiger partial charge in [-0.15, -0.1) is 0 Å².